The quantitative estimate of drug-likeness (QED) is 0.813. The predicted octanol–water partition coefficient (Wildman–Crippen LogP) is 3.79. The molecule has 0 fully saturated rings. The first kappa shape index (κ1) is 15.1. The summed E-state index contributed by atoms with van der Waals surface area (Å²) >= 11 is 0. The summed E-state index contributed by atoms with van der Waals surface area (Å²) in [5.41, 5.74) is 4.64. The summed E-state index contributed by atoms with van der Waals surface area (Å²) in [5.74, 6) is -2.73. The molecule has 8 rings (SSSR count). The number of allylic oxidation sites excluding steroid dienone is 3. The molecule has 6 aliphatic rings. The van der Waals surface area contributed by atoms with E-state index < -0.39 is 11.9 Å². The van der Waals surface area contributed by atoms with Crippen LogP contribution in [0, 0.1) is 11.8 Å². The molecule has 0 amide bonds. The molecule has 0 aromatic heterocycles. The fraction of sp³-hybridized carbons (Fsp3) is 0.182. The fourth-order valence-corrected chi connectivity index (χ4v) is 5.01. The van der Waals surface area contributed by atoms with Gasteiger partial charge in [-0.15, -0.1) is 0 Å². The van der Waals surface area contributed by atoms with E-state index in [4.69, 9.17) is 0 Å². The summed E-state index contributed by atoms with van der Waals surface area (Å²) in [6.07, 6.45) is 5.90. The van der Waals surface area contributed by atoms with Gasteiger partial charge in [-0.1, -0.05) is 54.6 Å². The van der Waals surface area contributed by atoms with Gasteiger partial charge in [0.2, 0.25) is 0 Å². The van der Waals surface area contributed by atoms with Gasteiger partial charge < -0.3 is 10.2 Å². The standard InChI is InChI=1S/C22H16O4/c23-21(24)16-7-3-6-15-18-11-8-9-14(17(10-11)22(25)26)19(20(15)16)13-5-2-1-4-12(13)18/h1-11,14,18-19H,(H,23,24)(H,25,26). The lowest BCUT2D eigenvalue weighted by atomic mass is 9.58. The summed E-state index contributed by atoms with van der Waals surface area (Å²) in [4.78, 5) is 23.8. The van der Waals surface area contributed by atoms with Crippen molar-refractivity contribution in [3.8, 4) is 0 Å². The zero-order chi connectivity index (χ0) is 18.0. The van der Waals surface area contributed by atoms with Crippen molar-refractivity contribution in [2.24, 2.45) is 11.8 Å². The van der Waals surface area contributed by atoms with Crippen molar-refractivity contribution in [3.05, 3.63) is 94.1 Å². The van der Waals surface area contributed by atoms with E-state index in [1.54, 1.807) is 12.1 Å². The minimum Gasteiger partial charge on any atom is -0.478 e. The van der Waals surface area contributed by atoms with Gasteiger partial charge in [0.05, 0.1) is 5.56 Å². The van der Waals surface area contributed by atoms with Crippen LogP contribution in [0.15, 0.2) is 66.3 Å². The van der Waals surface area contributed by atoms with Crippen LogP contribution >= 0.6 is 0 Å². The number of carboxylic acids is 2. The molecule has 4 unspecified atom stereocenters. The number of hydrogen-bond donors (Lipinski definition) is 2. The van der Waals surface area contributed by atoms with Gasteiger partial charge in [-0.25, -0.2) is 9.59 Å². The number of carbonyl (C=O) groups is 2. The van der Waals surface area contributed by atoms with Crippen molar-refractivity contribution in [3.63, 3.8) is 0 Å². The Morgan fingerprint density at radius 1 is 0.769 bits per heavy atom. The highest BCUT2D eigenvalue weighted by molar-refractivity contribution is 5.93. The van der Waals surface area contributed by atoms with Crippen LogP contribution in [0.5, 0.6) is 0 Å². The second kappa shape index (κ2) is 5.18. The number of hydrogen-bond acceptors (Lipinski definition) is 2. The molecule has 6 aliphatic carbocycles. The topological polar surface area (TPSA) is 74.6 Å². The van der Waals surface area contributed by atoms with Gasteiger partial charge in [-0.05, 0) is 28.3 Å². The Labute approximate surface area is 150 Å². The average Bonchev–Trinajstić information content (AvgIpc) is 2.62. The normalized spacial score (nSPS) is 27.2. The Bertz CT molecular complexity index is 1030. The number of aromatic carboxylic acids is 1. The molecule has 26 heavy (non-hydrogen) atoms. The van der Waals surface area contributed by atoms with Gasteiger partial charge >= 0.3 is 11.9 Å². The lowest BCUT2D eigenvalue weighted by Gasteiger charge is -2.44. The molecule has 128 valence electrons. The maximum atomic E-state index is 11.9. The largest absolute Gasteiger partial charge is 0.478 e. The van der Waals surface area contributed by atoms with Gasteiger partial charge in [0.15, 0.2) is 0 Å². The van der Waals surface area contributed by atoms with E-state index in [2.05, 4.69) is 12.1 Å². The minimum atomic E-state index is -0.966. The van der Waals surface area contributed by atoms with Gasteiger partial charge in [-0.2, -0.15) is 0 Å². The first-order chi connectivity index (χ1) is 12.6. The molecule has 4 bridgehead atoms. The van der Waals surface area contributed by atoms with Crippen molar-refractivity contribution in [1.29, 1.82) is 0 Å². The third-order valence-corrected chi connectivity index (χ3v) is 5.95. The molecule has 0 spiro atoms. The van der Waals surface area contributed by atoms with Crippen LogP contribution in [-0.2, 0) is 4.79 Å². The summed E-state index contributed by atoms with van der Waals surface area (Å²) in [7, 11) is 0. The smallest absolute Gasteiger partial charge is 0.335 e. The van der Waals surface area contributed by atoms with E-state index in [1.165, 1.54) is 5.56 Å². The highest BCUT2D eigenvalue weighted by atomic mass is 16.4. The fourth-order valence-electron chi connectivity index (χ4n) is 5.01. The van der Waals surface area contributed by atoms with Gasteiger partial charge in [0.1, 0.15) is 0 Å². The zero-order valence-corrected chi connectivity index (χ0v) is 13.8. The Morgan fingerprint density at radius 3 is 2.15 bits per heavy atom. The third-order valence-electron chi connectivity index (χ3n) is 5.95. The van der Waals surface area contributed by atoms with Gasteiger partial charge in [0, 0.05) is 29.2 Å². The van der Waals surface area contributed by atoms with Crippen LogP contribution < -0.4 is 0 Å². The molecule has 2 N–H and O–H groups in total. The van der Waals surface area contributed by atoms with Crippen LogP contribution in [-0.4, -0.2) is 22.2 Å². The predicted molar refractivity (Wildman–Crippen MR) is 95.4 cm³/mol. The van der Waals surface area contributed by atoms with E-state index in [1.807, 2.05) is 36.4 Å². The summed E-state index contributed by atoms with van der Waals surface area (Å²) in [5, 5.41) is 19.5. The molecule has 0 heterocycles. The molecule has 0 saturated carbocycles. The average molecular weight is 344 g/mol. The van der Waals surface area contributed by atoms with Gasteiger partial charge in [-0.3, -0.25) is 0 Å². The lowest BCUT2D eigenvalue weighted by molar-refractivity contribution is -0.133. The van der Waals surface area contributed by atoms with Crippen LogP contribution in [0.4, 0.5) is 0 Å². The van der Waals surface area contributed by atoms with Crippen molar-refractivity contribution in [2.45, 2.75) is 11.8 Å². The number of rotatable bonds is 2. The van der Waals surface area contributed by atoms with Gasteiger partial charge in [0.25, 0.3) is 0 Å². The van der Waals surface area contributed by atoms with Crippen LogP contribution in [0.1, 0.15) is 44.4 Å². The maximum Gasteiger partial charge on any atom is 0.335 e. The molecule has 0 aliphatic heterocycles. The number of carboxylic acid groups (broad SMARTS) is 2. The monoisotopic (exact) mass is 344 g/mol. The van der Waals surface area contributed by atoms with E-state index in [-0.39, 0.29) is 29.2 Å². The number of aliphatic carboxylic acids is 1. The first-order valence-corrected chi connectivity index (χ1v) is 8.66. The summed E-state index contributed by atoms with van der Waals surface area (Å²) < 4.78 is 0. The van der Waals surface area contributed by atoms with E-state index in [0.717, 1.165) is 16.7 Å². The molecule has 0 saturated heterocycles. The summed E-state index contributed by atoms with van der Waals surface area (Å²) in [6.45, 7) is 0. The summed E-state index contributed by atoms with van der Waals surface area (Å²) in [6, 6.07) is 13.5. The molecular formula is C22H16O4. The highest BCUT2D eigenvalue weighted by Crippen LogP contribution is 2.56. The Kier molecular flexibility index (Phi) is 3.02. The molecule has 4 atom stereocenters. The molecule has 4 nitrogen and oxygen atoms in total. The molecule has 2 aromatic carbocycles. The highest BCUT2D eigenvalue weighted by Gasteiger charge is 2.46. The second-order valence-corrected chi connectivity index (χ2v) is 7.11. The van der Waals surface area contributed by atoms with Crippen LogP contribution in [0.3, 0.4) is 0 Å². The third kappa shape index (κ3) is 1.84. The SMILES string of the molecule is O=C(O)C1=CC2C=CC1C1c3ccccc3C2c2cccc(C(=O)O)c21. The molecule has 4 heteroatoms. The second-order valence-electron chi connectivity index (χ2n) is 7.11. The van der Waals surface area contributed by atoms with Crippen molar-refractivity contribution < 1.29 is 19.8 Å². The first-order valence-electron chi connectivity index (χ1n) is 8.66. The Balaban J connectivity index is 1.90. The van der Waals surface area contributed by atoms with Crippen molar-refractivity contribution in [1.82, 2.24) is 0 Å². The Hall–Kier alpha value is -3.14. The maximum absolute atomic E-state index is 11.9. The van der Waals surface area contributed by atoms with Crippen LogP contribution in [0.2, 0.25) is 0 Å². The van der Waals surface area contributed by atoms with E-state index >= 15 is 0 Å². The Morgan fingerprint density at radius 2 is 1.46 bits per heavy atom. The van der Waals surface area contributed by atoms with E-state index in [9.17, 15) is 19.8 Å². The zero-order valence-electron chi connectivity index (χ0n) is 13.8. The molecular weight excluding hydrogens is 328 g/mol. The molecule has 2 aromatic rings. The van der Waals surface area contributed by atoms with E-state index in [0.29, 0.717) is 5.57 Å². The van der Waals surface area contributed by atoms with Crippen molar-refractivity contribution in [2.75, 3.05) is 0 Å². The van der Waals surface area contributed by atoms with Crippen LogP contribution in [0.25, 0.3) is 0 Å². The lowest BCUT2D eigenvalue weighted by Crippen LogP contribution is -2.35. The van der Waals surface area contributed by atoms with Crippen molar-refractivity contribution >= 4 is 11.9 Å². The molecule has 0 radical (unpaired) electrons. The number of benzene rings is 2. The minimum absolute atomic E-state index is 0.0661.